The maximum absolute atomic E-state index is 11.2. The molecule has 0 bridgehead atoms. The molecule has 0 amide bonds. The number of aliphatic hydroxyl groups is 1. The Morgan fingerprint density at radius 2 is 2.00 bits per heavy atom. The van der Waals surface area contributed by atoms with Crippen LogP contribution < -0.4 is 0 Å². The van der Waals surface area contributed by atoms with Crippen LogP contribution in [-0.2, 0) is 19.1 Å². The van der Waals surface area contributed by atoms with Crippen LogP contribution in [-0.4, -0.2) is 36.4 Å². The van der Waals surface area contributed by atoms with Gasteiger partial charge in [-0.2, -0.15) is 0 Å². The smallest absolute Gasteiger partial charge is 0.338 e. The van der Waals surface area contributed by atoms with Gasteiger partial charge in [-0.25, -0.2) is 4.79 Å². The molecule has 0 aromatic rings. The molecule has 2 atom stereocenters. The van der Waals surface area contributed by atoms with Crippen LogP contribution >= 0.6 is 0 Å². The topological polar surface area (TPSA) is 72.8 Å². The summed E-state index contributed by atoms with van der Waals surface area (Å²) in [5.74, 6) is -2.42. The molecule has 5 nitrogen and oxygen atoms in total. The van der Waals surface area contributed by atoms with Gasteiger partial charge in [-0.1, -0.05) is 0 Å². The molecule has 0 aromatic carbocycles. The maximum atomic E-state index is 11.2. The Morgan fingerprint density at radius 1 is 1.50 bits per heavy atom. The van der Waals surface area contributed by atoms with E-state index in [1.165, 1.54) is 13.8 Å². The Morgan fingerprint density at radius 3 is 2.36 bits per heavy atom. The highest BCUT2D eigenvalue weighted by Gasteiger charge is 2.42. The molecule has 0 aliphatic carbocycles. The second kappa shape index (κ2) is 4.95. The van der Waals surface area contributed by atoms with Crippen molar-refractivity contribution >= 4 is 11.9 Å². The minimum atomic E-state index is -1.85. The lowest BCUT2D eigenvalue weighted by molar-refractivity contribution is -0.175. The molecular weight excluding hydrogens is 188 g/mol. The van der Waals surface area contributed by atoms with Crippen molar-refractivity contribution in [1.29, 1.82) is 0 Å². The van der Waals surface area contributed by atoms with Crippen molar-refractivity contribution < 1.29 is 24.2 Å². The predicted molar refractivity (Wildman–Crippen MR) is 48.4 cm³/mol. The number of ether oxygens (including phenoxy) is 2. The second-order valence-corrected chi connectivity index (χ2v) is 3.11. The lowest BCUT2D eigenvalue weighted by Crippen LogP contribution is -2.46. The number of methoxy groups -OCH3 is 1. The van der Waals surface area contributed by atoms with Crippen molar-refractivity contribution in [1.82, 2.24) is 0 Å². The summed E-state index contributed by atoms with van der Waals surface area (Å²) in [5.41, 5.74) is -1.85. The lowest BCUT2D eigenvalue weighted by Gasteiger charge is -2.25. The van der Waals surface area contributed by atoms with Gasteiger partial charge < -0.3 is 14.6 Å². The molecule has 0 saturated heterocycles. The number of hydrogen-bond donors (Lipinski definition) is 1. The minimum absolute atomic E-state index is 0.209. The third-order valence-electron chi connectivity index (χ3n) is 2.08. The molecule has 5 heteroatoms. The molecule has 0 heterocycles. The van der Waals surface area contributed by atoms with E-state index in [9.17, 15) is 14.7 Å². The zero-order valence-electron chi connectivity index (χ0n) is 8.86. The fourth-order valence-corrected chi connectivity index (χ4v) is 0.880. The number of hydrogen-bond acceptors (Lipinski definition) is 5. The van der Waals surface area contributed by atoms with Crippen molar-refractivity contribution in [2.24, 2.45) is 5.92 Å². The van der Waals surface area contributed by atoms with Crippen LogP contribution in [0.15, 0.2) is 0 Å². The van der Waals surface area contributed by atoms with Crippen LogP contribution in [0.5, 0.6) is 0 Å². The highest BCUT2D eigenvalue weighted by molar-refractivity contribution is 5.86. The largest absolute Gasteiger partial charge is 0.467 e. The van der Waals surface area contributed by atoms with Gasteiger partial charge in [-0.3, -0.25) is 4.79 Å². The molecule has 0 unspecified atom stereocenters. The van der Waals surface area contributed by atoms with E-state index in [2.05, 4.69) is 9.47 Å². The summed E-state index contributed by atoms with van der Waals surface area (Å²) < 4.78 is 9.05. The molecular formula is C9H16O5. The first-order chi connectivity index (χ1) is 6.37. The zero-order valence-corrected chi connectivity index (χ0v) is 8.86. The number of esters is 2. The zero-order chi connectivity index (χ0) is 11.4. The first-order valence-electron chi connectivity index (χ1n) is 4.35. The molecule has 0 spiro atoms. The SMILES string of the molecule is CCOC(=O)[C@H](C)[C@@](C)(O)C(=O)OC. The van der Waals surface area contributed by atoms with Crippen molar-refractivity contribution in [2.75, 3.05) is 13.7 Å². The van der Waals surface area contributed by atoms with E-state index in [1.54, 1.807) is 6.92 Å². The van der Waals surface area contributed by atoms with Crippen molar-refractivity contribution in [3.05, 3.63) is 0 Å². The lowest BCUT2D eigenvalue weighted by atomic mass is 9.91. The van der Waals surface area contributed by atoms with E-state index in [0.717, 1.165) is 7.11 Å². The standard InChI is InChI=1S/C9H16O5/c1-5-14-7(10)6(2)9(3,12)8(11)13-4/h6,12H,5H2,1-4H3/t6-,9+/m0/s1. The molecule has 0 radical (unpaired) electrons. The predicted octanol–water partition coefficient (Wildman–Crippen LogP) is 0.110. The third-order valence-corrected chi connectivity index (χ3v) is 2.08. The van der Waals surface area contributed by atoms with Crippen LogP contribution in [0.2, 0.25) is 0 Å². The summed E-state index contributed by atoms with van der Waals surface area (Å²) in [6.07, 6.45) is 0. The van der Waals surface area contributed by atoms with Crippen LogP contribution in [0.25, 0.3) is 0 Å². The monoisotopic (exact) mass is 204 g/mol. The molecule has 0 saturated carbocycles. The summed E-state index contributed by atoms with van der Waals surface area (Å²) in [6.45, 7) is 4.49. The van der Waals surface area contributed by atoms with E-state index in [0.29, 0.717) is 0 Å². The normalized spacial score (nSPS) is 16.6. The van der Waals surface area contributed by atoms with Gasteiger partial charge in [-0.05, 0) is 20.8 Å². The first kappa shape index (κ1) is 12.9. The van der Waals surface area contributed by atoms with Crippen molar-refractivity contribution in [3.8, 4) is 0 Å². The molecule has 0 aromatic heterocycles. The molecule has 0 aliphatic heterocycles. The van der Waals surface area contributed by atoms with Crippen LogP contribution in [0, 0.1) is 5.92 Å². The fraction of sp³-hybridized carbons (Fsp3) is 0.778. The van der Waals surface area contributed by atoms with Gasteiger partial charge in [0.25, 0.3) is 0 Å². The third kappa shape index (κ3) is 2.70. The summed E-state index contributed by atoms with van der Waals surface area (Å²) in [6, 6.07) is 0. The van der Waals surface area contributed by atoms with Gasteiger partial charge in [0.1, 0.15) is 0 Å². The summed E-state index contributed by atoms with van der Waals surface area (Å²) >= 11 is 0. The van der Waals surface area contributed by atoms with Crippen molar-refractivity contribution in [3.63, 3.8) is 0 Å². The molecule has 0 aliphatic rings. The molecule has 0 fully saturated rings. The molecule has 14 heavy (non-hydrogen) atoms. The summed E-state index contributed by atoms with van der Waals surface area (Å²) in [7, 11) is 1.15. The molecule has 82 valence electrons. The fourth-order valence-electron chi connectivity index (χ4n) is 0.880. The Balaban J connectivity index is 4.56. The van der Waals surface area contributed by atoms with Crippen LogP contribution in [0.1, 0.15) is 20.8 Å². The number of rotatable bonds is 4. The minimum Gasteiger partial charge on any atom is -0.467 e. The quantitative estimate of drug-likeness (QED) is 0.658. The highest BCUT2D eigenvalue weighted by atomic mass is 16.5. The van der Waals surface area contributed by atoms with Gasteiger partial charge in [0.05, 0.1) is 19.6 Å². The average molecular weight is 204 g/mol. The average Bonchev–Trinajstić information content (AvgIpc) is 2.15. The summed E-state index contributed by atoms with van der Waals surface area (Å²) in [5, 5.41) is 9.67. The number of carbonyl (C=O) groups excluding carboxylic acids is 2. The van der Waals surface area contributed by atoms with Gasteiger partial charge in [0.15, 0.2) is 5.60 Å². The van der Waals surface area contributed by atoms with E-state index in [1.807, 2.05) is 0 Å². The van der Waals surface area contributed by atoms with E-state index < -0.39 is 23.5 Å². The molecule has 1 N–H and O–H groups in total. The van der Waals surface area contributed by atoms with Gasteiger partial charge in [0, 0.05) is 0 Å². The second-order valence-electron chi connectivity index (χ2n) is 3.11. The van der Waals surface area contributed by atoms with E-state index in [4.69, 9.17) is 0 Å². The Labute approximate surface area is 83.0 Å². The van der Waals surface area contributed by atoms with E-state index >= 15 is 0 Å². The van der Waals surface area contributed by atoms with Gasteiger partial charge >= 0.3 is 11.9 Å². The highest BCUT2D eigenvalue weighted by Crippen LogP contribution is 2.19. The molecule has 0 rings (SSSR count). The Hall–Kier alpha value is -1.10. The van der Waals surface area contributed by atoms with Crippen molar-refractivity contribution in [2.45, 2.75) is 26.4 Å². The first-order valence-corrected chi connectivity index (χ1v) is 4.35. The Kier molecular flexibility index (Phi) is 4.56. The van der Waals surface area contributed by atoms with Crippen LogP contribution in [0.4, 0.5) is 0 Å². The van der Waals surface area contributed by atoms with E-state index in [-0.39, 0.29) is 6.61 Å². The van der Waals surface area contributed by atoms with Gasteiger partial charge in [0.2, 0.25) is 0 Å². The van der Waals surface area contributed by atoms with Crippen LogP contribution in [0.3, 0.4) is 0 Å². The Bertz CT molecular complexity index is 221. The number of carbonyl (C=O) groups is 2. The summed E-state index contributed by atoms with van der Waals surface area (Å²) in [4.78, 5) is 22.3. The van der Waals surface area contributed by atoms with Gasteiger partial charge in [-0.15, -0.1) is 0 Å². The maximum Gasteiger partial charge on any atom is 0.338 e.